The first-order valence-corrected chi connectivity index (χ1v) is 7.47. The summed E-state index contributed by atoms with van der Waals surface area (Å²) in [5.74, 6) is -0.00610. The molecule has 0 amide bonds. The van der Waals surface area contributed by atoms with E-state index < -0.39 is 0 Å². The average Bonchev–Trinajstić information content (AvgIpc) is 2.55. The lowest BCUT2D eigenvalue weighted by Crippen LogP contribution is -2.29. The number of nitrogens with one attached hydrogen (secondary N) is 1. The van der Waals surface area contributed by atoms with Gasteiger partial charge in [-0.15, -0.1) is 0 Å². The van der Waals surface area contributed by atoms with Crippen LogP contribution in [-0.4, -0.2) is 29.9 Å². The predicted molar refractivity (Wildman–Crippen MR) is 80.2 cm³/mol. The summed E-state index contributed by atoms with van der Waals surface area (Å²) in [6.45, 7) is 1.83. The van der Waals surface area contributed by atoms with Crippen LogP contribution >= 0.6 is 0 Å². The zero-order valence-corrected chi connectivity index (χ0v) is 12.6. The van der Waals surface area contributed by atoms with Crippen molar-refractivity contribution in [1.29, 1.82) is 0 Å². The number of esters is 1. The molecule has 0 bridgehead atoms. The standard InChI is InChI=1S/C16H22N2O3/c1-3-15(19)14-9-8-13(10-17-14)18-12-6-4-11(5-7-12)16(20)21-2/h8-12,18H,3-7H2,1-2H3. The Morgan fingerprint density at radius 2 is 2.00 bits per heavy atom. The van der Waals surface area contributed by atoms with Crippen molar-refractivity contribution in [3.05, 3.63) is 24.0 Å². The van der Waals surface area contributed by atoms with Crippen LogP contribution in [0.15, 0.2) is 18.3 Å². The topological polar surface area (TPSA) is 68.3 Å². The van der Waals surface area contributed by atoms with Gasteiger partial charge in [-0.25, -0.2) is 0 Å². The number of hydrogen-bond acceptors (Lipinski definition) is 5. The molecule has 0 unspecified atom stereocenters. The molecule has 0 aliphatic heterocycles. The van der Waals surface area contributed by atoms with Crippen LogP contribution in [0, 0.1) is 5.92 Å². The molecule has 5 heteroatoms. The highest BCUT2D eigenvalue weighted by atomic mass is 16.5. The van der Waals surface area contributed by atoms with Gasteiger partial charge < -0.3 is 10.1 Å². The van der Waals surface area contributed by atoms with E-state index in [1.165, 1.54) is 7.11 Å². The first kappa shape index (κ1) is 15.5. The minimum absolute atomic E-state index is 0.0377. The van der Waals surface area contributed by atoms with Gasteiger partial charge in [0.05, 0.1) is 24.9 Å². The lowest BCUT2D eigenvalue weighted by Gasteiger charge is -2.28. The quantitative estimate of drug-likeness (QED) is 0.667. The zero-order valence-electron chi connectivity index (χ0n) is 12.6. The van der Waals surface area contributed by atoms with E-state index >= 15 is 0 Å². The lowest BCUT2D eigenvalue weighted by molar-refractivity contribution is -0.146. The van der Waals surface area contributed by atoms with Gasteiger partial charge >= 0.3 is 5.97 Å². The number of carbonyl (C=O) groups is 2. The van der Waals surface area contributed by atoms with Gasteiger partial charge in [-0.1, -0.05) is 6.92 Å². The van der Waals surface area contributed by atoms with Gasteiger partial charge in [-0.05, 0) is 37.8 Å². The van der Waals surface area contributed by atoms with Crippen molar-refractivity contribution >= 4 is 17.4 Å². The number of pyridine rings is 1. The second-order valence-corrected chi connectivity index (χ2v) is 5.42. The third-order valence-corrected chi connectivity index (χ3v) is 4.00. The second kappa shape index (κ2) is 7.20. The molecule has 1 saturated carbocycles. The summed E-state index contributed by atoms with van der Waals surface area (Å²) in [7, 11) is 1.44. The van der Waals surface area contributed by atoms with E-state index in [0.29, 0.717) is 18.2 Å². The first-order valence-electron chi connectivity index (χ1n) is 7.47. The minimum atomic E-state index is -0.0995. The van der Waals surface area contributed by atoms with E-state index in [0.717, 1.165) is 31.4 Å². The number of nitrogens with zero attached hydrogens (tertiary/aromatic N) is 1. The van der Waals surface area contributed by atoms with Gasteiger partial charge in [0.1, 0.15) is 5.69 Å². The highest BCUT2D eigenvalue weighted by Gasteiger charge is 2.26. The lowest BCUT2D eigenvalue weighted by atomic mass is 9.86. The number of hydrogen-bond donors (Lipinski definition) is 1. The maximum absolute atomic E-state index is 11.5. The number of anilines is 1. The van der Waals surface area contributed by atoms with Gasteiger partial charge in [-0.3, -0.25) is 14.6 Å². The third kappa shape index (κ3) is 4.03. The van der Waals surface area contributed by atoms with Crippen LogP contribution in [0.25, 0.3) is 0 Å². The monoisotopic (exact) mass is 290 g/mol. The van der Waals surface area contributed by atoms with Crippen molar-refractivity contribution in [3.8, 4) is 0 Å². The molecule has 1 fully saturated rings. The predicted octanol–water partition coefficient (Wildman–Crippen LogP) is 2.82. The Labute approximate surface area is 125 Å². The van der Waals surface area contributed by atoms with Crippen LogP contribution in [0.4, 0.5) is 5.69 Å². The number of rotatable bonds is 5. The molecule has 0 spiro atoms. The summed E-state index contributed by atoms with van der Waals surface area (Å²) in [5, 5.41) is 3.42. The van der Waals surface area contributed by atoms with Crippen LogP contribution in [0.5, 0.6) is 0 Å². The molecule has 1 aromatic heterocycles. The molecule has 2 rings (SSSR count). The minimum Gasteiger partial charge on any atom is -0.469 e. The summed E-state index contributed by atoms with van der Waals surface area (Å²) in [6.07, 6.45) is 5.76. The molecule has 114 valence electrons. The van der Waals surface area contributed by atoms with Crippen LogP contribution in [0.3, 0.4) is 0 Å². The van der Waals surface area contributed by atoms with Gasteiger partial charge in [0.25, 0.3) is 0 Å². The highest BCUT2D eigenvalue weighted by Crippen LogP contribution is 2.27. The molecule has 1 aromatic rings. The Bertz CT molecular complexity index is 491. The second-order valence-electron chi connectivity index (χ2n) is 5.42. The van der Waals surface area contributed by atoms with Crippen molar-refractivity contribution < 1.29 is 14.3 Å². The number of carbonyl (C=O) groups excluding carboxylic acids is 2. The fourth-order valence-corrected chi connectivity index (χ4v) is 2.70. The fourth-order valence-electron chi connectivity index (χ4n) is 2.70. The number of ketones is 1. The first-order chi connectivity index (χ1) is 10.1. The number of Topliss-reactive ketones (excluding diaryl/α,β-unsaturated/α-hetero) is 1. The molecule has 1 heterocycles. The number of ether oxygens (including phenoxy) is 1. The molecule has 0 radical (unpaired) electrons. The molecular formula is C16H22N2O3. The summed E-state index contributed by atoms with van der Waals surface area (Å²) in [5.41, 5.74) is 1.43. The van der Waals surface area contributed by atoms with Crippen LogP contribution < -0.4 is 5.32 Å². The Kier molecular flexibility index (Phi) is 5.31. The summed E-state index contributed by atoms with van der Waals surface area (Å²) in [4.78, 5) is 27.2. The van der Waals surface area contributed by atoms with Crippen LogP contribution in [-0.2, 0) is 9.53 Å². The molecule has 0 saturated heterocycles. The van der Waals surface area contributed by atoms with Crippen molar-refractivity contribution in [2.45, 2.75) is 45.1 Å². The Morgan fingerprint density at radius 3 is 2.52 bits per heavy atom. The maximum Gasteiger partial charge on any atom is 0.308 e. The summed E-state index contributed by atoms with van der Waals surface area (Å²) < 4.78 is 4.79. The number of aromatic nitrogens is 1. The molecule has 1 N–H and O–H groups in total. The molecule has 0 atom stereocenters. The van der Waals surface area contributed by atoms with Crippen LogP contribution in [0.2, 0.25) is 0 Å². The normalized spacial score (nSPS) is 21.6. The van der Waals surface area contributed by atoms with E-state index in [9.17, 15) is 9.59 Å². The number of methoxy groups -OCH3 is 1. The molecule has 1 aliphatic rings. The van der Waals surface area contributed by atoms with Gasteiger partial charge in [0.15, 0.2) is 5.78 Å². The molecule has 1 aliphatic carbocycles. The third-order valence-electron chi connectivity index (χ3n) is 4.00. The fraction of sp³-hybridized carbons (Fsp3) is 0.562. The van der Waals surface area contributed by atoms with E-state index in [1.54, 1.807) is 12.3 Å². The van der Waals surface area contributed by atoms with Crippen molar-refractivity contribution in [1.82, 2.24) is 4.98 Å². The van der Waals surface area contributed by atoms with Crippen LogP contribution in [0.1, 0.15) is 49.5 Å². The van der Waals surface area contributed by atoms with E-state index in [1.807, 2.05) is 13.0 Å². The SMILES string of the molecule is CCC(=O)c1ccc(NC2CCC(C(=O)OC)CC2)cn1. The van der Waals surface area contributed by atoms with E-state index in [4.69, 9.17) is 4.74 Å². The van der Waals surface area contributed by atoms with Gasteiger partial charge in [-0.2, -0.15) is 0 Å². The van der Waals surface area contributed by atoms with Crippen molar-refractivity contribution in [2.75, 3.05) is 12.4 Å². The largest absolute Gasteiger partial charge is 0.469 e. The Hall–Kier alpha value is -1.91. The van der Waals surface area contributed by atoms with Crippen molar-refractivity contribution in [3.63, 3.8) is 0 Å². The molecule has 5 nitrogen and oxygen atoms in total. The smallest absolute Gasteiger partial charge is 0.308 e. The Balaban J connectivity index is 1.86. The van der Waals surface area contributed by atoms with Gasteiger partial charge in [0, 0.05) is 12.5 Å². The van der Waals surface area contributed by atoms with Gasteiger partial charge in [0.2, 0.25) is 0 Å². The molecular weight excluding hydrogens is 268 g/mol. The average molecular weight is 290 g/mol. The maximum atomic E-state index is 11.5. The summed E-state index contributed by atoms with van der Waals surface area (Å²) in [6, 6.07) is 4.00. The zero-order chi connectivity index (χ0) is 15.2. The van der Waals surface area contributed by atoms with E-state index in [2.05, 4.69) is 10.3 Å². The van der Waals surface area contributed by atoms with E-state index in [-0.39, 0.29) is 17.7 Å². The Morgan fingerprint density at radius 1 is 1.29 bits per heavy atom. The molecule has 21 heavy (non-hydrogen) atoms. The highest BCUT2D eigenvalue weighted by molar-refractivity contribution is 5.94. The molecule has 0 aromatic carbocycles. The summed E-state index contributed by atoms with van der Waals surface area (Å²) >= 11 is 0. The van der Waals surface area contributed by atoms with Crippen molar-refractivity contribution in [2.24, 2.45) is 5.92 Å².